The van der Waals surface area contributed by atoms with Crippen LogP contribution in [0, 0.1) is 6.92 Å². The lowest BCUT2D eigenvalue weighted by Gasteiger charge is -2.20. The van der Waals surface area contributed by atoms with Gasteiger partial charge in [0.1, 0.15) is 0 Å². The minimum absolute atomic E-state index is 0.614. The van der Waals surface area contributed by atoms with Crippen molar-refractivity contribution >= 4 is 11.3 Å². The maximum absolute atomic E-state index is 3.59. The maximum Gasteiger partial charge on any atom is 0.00203 e. The number of benzene rings is 1. The Labute approximate surface area is 127 Å². The van der Waals surface area contributed by atoms with E-state index < -0.39 is 0 Å². The molecule has 0 aliphatic rings. The smallest absolute Gasteiger partial charge is 0.00203 e. The van der Waals surface area contributed by atoms with Crippen molar-refractivity contribution in [2.45, 2.75) is 39.0 Å². The van der Waals surface area contributed by atoms with Crippen LogP contribution in [-0.4, -0.2) is 13.1 Å². The second-order valence-electron chi connectivity index (χ2n) is 5.43. The Morgan fingerprint density at radius 3 is 2.75 bits per heavy atom. The molecular weight excluding hydrogens is 262 g/mol. The van der Waals surface area contributed by atoms with Crippen LogP contribution in [-0.2, 0) is 6.42 Å². The predicted octanol–water partition coefficient (Wildman–Crippen LogP) is 4.77. The SMILES string of the molecule is CCCNCC(CCc1ccsc1)c1ccccc1C. The van der Waals surface area contributed by atoms with E-state index >= 15 is 0 Å². The summed E-state index contributed by atoms with van der Waals surface area (Å²) in [5, 5.41) is 8.04. The summed E-state index contributed by atoms with van der Waals surface area (Å²) in [5.41, 5.74) is 4.40. The average molecular weight is 287 g/mol. The monoisotopic (exact) mass is 287 g/mol. The lowest BCUT2D eigenvalue weighted by molar-refractivity contribution is 0.547. The molecule has 0 radical (unpaired) electrons. The topological polar surface area (TPSA) is 12.0 Å². The van der Waals surface area contributed by atoms with E-state index in [0.29, 0.717) is 5.92 Å². The van der Waals surface area contributed by atoms with Crippen LogP contribution in [0.5, 0.6) is 0 Å². The van der Waals surface area contributed by atoms with E-state index in [0.717, 1.165) is 13.1 Å². The third kappa shape index (κ3) is 4.46. The van der Waals surface area contributed by atoms with Gasteiger partial charge < -0.3 is 5.32 Å². The standard InChI is InChI=1S/C18H25NS/c1-3-11-19-13-17(9-8-16-10-12-20-14-16)18-7-5-4-6-15(18)2/h4-7,10,12,14,17,19H,3,8-9,11,13H2,1-2H3. The van der Waals surface area contributed by atoms with Crippen molar-refractivity contribution in [1.29, 1.82) is 0 Å². The molecule has 2 aromatic rings. The molecule has 20 heavy (non-hydrogen) atoms. The van der Waals surface area contributed by atoms with E-state index in [-0.39, 0.29) is 0 Å². The van der Waals surface area contributed by atoms with Gasteiger partial charge in [0.05, 0.1) is 0 Å². The van der Waals surface area contributed by atoms with Crippen LogP contribution in [0.25, 0.3) is 0 Å². The van der Waals surface area contributed by atoms with Crippen molar-refractivity contribution in [3.63, 3.8) is 0 Å². The summed E-state index contributed by atoms with van der Waals surface area (Å²) in [4.78, 5) is 0. The first kappa shape index (κ1) is 15.3. The molecule has 0 saturated heterocycles. The molecule has 0 aliphatic carbocycles. The zero-order chi connectivity index (χ0) is 14.2. The fourth-order valence-corrected chi connectivity index (χ4v) is 3.34. The zero-order valence-corrected chi connectivity index (χ0v) is 13.4. The van der Waals surface area contributed by atoms with Crippen molar-refractivity contribution in [1.82, 2.24) is 5.32 Å². The van der Waals surface area contributed by atoms with Gasteiger partial charge in [0.2, 0.25) is 0 Å². The van der Waals surface area contributed by atoms with E-state index in [1.165, 1.54) is 36.0 Å². The molecule has 1 aromatic heterocycles. The van der Waals surface area contributed by atoms with E-state index in [9.17, 15) is 0 Å². The summed E-state index contributed by atoms with van der Waals surface area (Å²) < 4.78 is 0. The molecule has 1 heterocycles. The van der Waals surface area contributed by atoms with Gasteiger partial charge in [-0.2, -0.15) is 11.3 Å². The van der Waals surface area contributed by atoms with Gasteiger partial charge in [-0.05, 0) is 72.2 Å². The highest BCUT2D eigenvalue weighted by Crippen LogP contribution is 2.24. The van der Waals surface area contributed by atoms with Crippen molar-refractivity contribution in [3.05, 3.63) is 57.8 Å². The van der Waals surface area contributed by atoms with Crippen molar-refractivity contribution in [3.8, 4) is 0 Å². The maximum atomic E-state index is 3.59. The quantitative estimate of drug-likeness (QED) is 0.689. The lowest BCUT2D eigenvalue weighted by atomic mass is 9.90. The molecule has 1 atom stereocenters. The summed E-state index contributed by atoms with van der Waals surface area (Å²) in [6.45, 7) is 6.65. The number of nitrogens with one attached hydrogen (secondary N) is 1. The average Bonchev–Trinajstić information content (AvgIpc) is 2.97. The predicted molar refractivity (Wildman–Crippen MR) is 89.7 cm³/mol. The van der Waals surface area contributed by atoms with Crippen molar-refractivity contribution < 1.29 is 0 Å². The number of hydrogen-bond acceptors (Lipinski definition) is 2. The molecule has 0 fully saturated rings. The number of thiophene rings is 1. The first-order chi connectivity index (χ1) is 9.81. The Bertz CT molecular complexity index is 490. The van der Waals surface area contributed by atoms with Gasteiger partial charge in [-0.25, -0.2) is 0 Å². The minimum atomic E-state index is 0.614. The van der Waals surface area contributed by atoms with Gasteiger partial charge in [0, 0.05) is 6.54 Å². The van der Waals surface area contributed by atoms with Crippen LogP contribution >= 0.6 is 11.3 Å². The third-order valence-electron chi connectivity index (χ3n) is 3.81. The number of aryl methyl sites for hydroxylation is 2. The Kier molecular flexibility index (Phi) is 6.28. The third-order valence-corrected chi connectivity index (χ3v) is 4.54. The molecule has 1 unspecified atom stereocenters. The van der Waals surface area contributed by atoms with E-state index in [4.69, 9.17) is 0 Å². The summed E-state index contributed by atoms with van der Waals surface area (Å²) in [5.74, 6) is 0.614. The highest BCUT2D eigenvalue weighted by molar-refractivity contribution is 7.07. The van der Waals surface area contributed by atoms with Crippen molar-refractivity contribution in [2.75, 3.05) is 13.1 Å². The Morgan fingerprint density at radius 2 is 2.05 bits per heavy atom. The Hall–Kier alpha value is -1.12. The van der Waals surface area contributed by atoms with Crippen LogP contribution in [0.3, 0.4) is 0 Å². The molecular formula is C18H25NS. The molecule has 0 saturated carbocycles. The van der Waals surface area contributed by atoms with E-state index in [1.54, 1.807) is 11.3 Å². The lowest BCUT2D eigenvalue weighted by Crippen LogP contribution is -2.23. The highest BCUT2D eigenvalue weighted by atomic mass is 32.1. The van der Waals surface area contributed by atoms with Gasteiger partial charge in [-0.1, -0.05) is 31.2 Å². The zero-order valence-electron chi connectivity index (χ0n) is 12.6. The van der Waals surface area contributed by atoms with Crippen molar-refractivity contribution in [2.24, 2.45) is 0 Å². The van der Waals surface area contributed by atoms with Gasteiger partial charge in [-0.3, -0.25) is 0 Å². The molecule has 0 bridgehead atoms. The second kappa shape index (κ2) is 8.23. The summed E-state index contributed by atoms with van der Waals surface area (Å²) in [6, 6.07) is 11.1. The summed E-state index contributed by atoms with van der Waals surface area (Å²) in [6.07, 6.45) is 3.60. The Morgan fingerprint density at radius 1 is 1.20 bits per heavy atom. The molecule has 2 rings (SSSR count). The molecule has 1 aromatic carbocycles. The minimum Gasteiger partial charge on any atom is -0.316 e. The van der Waals surface area contributed by atoms with Crippen LogP contribution in [0.4, 0.5) is 0 Å². The normalized spacial score (nSPS) is 12.5. The molecule has 1 N–H and O–H groups in total. The first-order valence-electron chi connectivity index (χ1n) is 7.58. The molecule has 2 heteroatoms. The van der Waals surface area contributed by atoms with Crippen LogP contribution in [0.2, 0.25) is 0 Å². The van der Waals surface area contributed by atoms with E-state index in [1.807, 2.05) is 0 Å². The molecule has 0 amide bonds. The molecule has 0 spiro atoms. The van der Waals surface area contributed by atoms with Gasteiger partial charge >= 0.3 is 0 Å². The Balaban J connectivity index is 2.02. The molecule has 1 nitrogen and oxygen atoms in total. The van der Waals surface area contributed by atoms with Gasteiger partial charge in [0.15, 0.2) is 0 Å². The van der Waals surface area contributed by atoms with Crippen LogP contribution < -0.4 is 5.32 Å². The molecule has 0 aliphatic heterocycles. The number of hydrogen-bond donors (Lipinski definition) is 1. The van der Waals surface area contributed by atoms with Crippen LogP contribution in [0.15, 0.2) is 41.1 Å². The van der Waals surface area contributed by atoms with Gasteiger partial charge in [0.25, 0.3) is 0 Å². The number of rotatable bonds is 8. The fourth-order valence-electron chi connectivity index (χ4n) is 2.64. The fraction of sp³-hybridized carbons (Fsp3) is 0.444. The highest BCUT2D eigenvalue weighted by Gasteiger charge is 2.13. The van der Waals surface area contributed by atoms with Crippen LogP contribution in [0.1, 0.15) is 42.4 Å². The summed E-state index contributed by atoms with van der Waals surface area (Å²) >= 11 is 1.80. The first-order valence-corrected chi connectivity index (χ1v) is 8.53. The second-order valence-corrected chi connectivity index (χ2v) is 6.21. The van der Waals surface area contributed by atoms with Gasteiger partial charge in [-0.15, -0.1) is 0 Å². The van der Waals surface area contributed by atoms with E-state index in [2.05, 4.69) is 60.3 Å². The molecule has 108 valence electrons. The summed E-state index contributed by atoms with van der Waals surface area (Å²) in [7, 11) is 0. The largest absolute Gasteiger partial charge is 0.316 e.